The Labute approximate surface area is 83.1 Å². The van der Waals surface area contributed by atoms with Gasteiger partial charge in [0.1, 0.15) is 0 Å². The molecule has 3 nitrogen and oxygen atoms in total. The Kier molecular flexibility index (Phi) is 2.98. The van der Waals surface area contributed by atoms with E-state index in [9.17, 15) is 8.42 Å². The average molecular weight is 272 g/mol. The molecule has 0 atom stereocenters. The number of benzene rings is 1. The molecular formula is C6H4BrClO3S. The fraction of sp³-hybridized carbons (Fsp3) is 0. The van der Waals surface area contributed by atoms with E-state index in [2.05, 4.69) is 20.1 Å². The molecule has 0 fully saturated rings. The summed E-state index contributed by atoms with van der Waals surface area (Å²) in [6.07, 6.45) is 0. The van der Waals surface area contributed by atoms with Crippen LogP contribution in [-0.4, -0.2) is 8.42 Å². The van der Waals surface area contributed by atoms with Crippen molar-refractivity contribution in [2.45, 2.75) is 0 Å². The number of hydrogen-bond acceptors (Lipinski definition) is 3. The highest BCUT2D eigenvalue weighted by molar-refractivity contribution is 9.10. The molecule has 0 N–H and O–H groups in total. The van der Waals surface area contributed by atoms with Crippen molar-refractivity contribution in [3.8, 4) is 5.75 Å². The van der Waals surface area contributed by atoms with Crippen LogP contribution in [0.2, 0.25) is 0 Å². The highest BCUT2D eigenvalue weighted by Crippen LogP contribution is 2.25. The summed E-state index contributed by atoms with van der Waals surface area (Å²) in [6.45, 7) is 0. The summed E-state index contributed by atoms with van der Waals surface area (Å²) < 4.78 is 25.9. The molecule has 0 aromatic heterocycles. The maximum Gasteiger partial charge on any atom is 0.401 e. The molecule has 0 radical (unpaired) electrons. The van der Waals surface area contributed by atoms with Crippen LogP contribution in [0.25, 0.3) is 0 Å². The van der Waals surface area contributed by atoms with Gasteiger partial charge in [-0.3, -0.25) is 0 Å². The second-order valence-electron chi connectivity index (χ2n) is 1.91. The van der Waals surface area contributed by atoms with Crippen LogP contribution in [0.5, 0.6) is 5.75 Å². The van der Waals surface area contributed by atoms with Crippen LogP contribution in [-0.2, 0) is 9.33 Å². The maximum atomic E-state index is 10.5. The third kappa shape index (κ3) is 3.00. The Hall–Kier alpha value is -0.260. The lowest BCUT2D eigenvalue weighted by molar-refractivity contribution is 0.502. The zero-order chi connectivity index (χ0) is 9.19. The second-order valence-corrected chi connectivity index (χ2v) is 4.85. The van der Waals surface area contributed by atoms with Gasteiger partial charge >= 0.3 is 9.33 Å². The number of para-hydroxylation sites is 1. The molecule has 0 saturated carbocycles. The van der Waals surface area contributed by atoms with Crippen molar-refractivity contribution in [3.05, 3.63) is 28.7 Å². The summed E-state index contributed by atoms with van der Waals surface area (Å²) >= 11 is 3.10. The van der Waals surface area contributed by atoms with Gasteiger partial charge in [-0.15, -0.1) is 0 Å². The van der Waals surface area contributed by atoms with E-state index in [-0.39, 0.29) is 5.75 Å². The lowest BCUT2D eigenvalue weighted by Crippen LogP contribution is -1.99. The first-order chi connectivity index (χ1) is 5.49. The van der Waals surface area contributed by atoms with E-state index in [0.717, 1.165) is 0 Å². The SMILES string of the molecule is O=S(=O)(Cl)Oc1ccccc1Br. The van der Waals surface area contributed by atoms with Gasteiger partial charge in [-0.1, -0.05) is 12.1 Å². The zero-order valence-electron chi connectivity index (χ0n) is 5.70. The van der Waals surface area contributed by atoms with Crippen LogP contribution >= 0.6 is 26.6 Å². The smallest absolute Gasteiger partial charge is 0.370 e. The van der Waals surface area contributed by atoms with Gasteiger partial charge in [0.25, 0.3) is 0 Å². The molecule has 0 bridgehead atoms. The molecule has 0 spiro atoms. The van der Waals surface area contributed by atoms with Crippen molar-refractivity contribution in [1.82, 2.24) is 0 Å². The van der Waals surface area contributed by atoms with Gasteiger partial charge in [-0.2, -0.15) is 8.42 Å². The van der Waals surface area contributed by atoms with Crippen LogP contribution < -0.4 is 4.18 Å². The van der Waals surface area contributed by atoms with Crippen molar-refractivity contribution in [3.63, 3.8) is 0 Å². The second kappa shape index (κ2) is 3.64. The number of hydrogen-bond donors (Lipinski definition) is 0. The first-order valence-electron chi connectivity index (χ1n) is 2.87. The maximum absolute atomic E-state index is 10.5. The van der Waals surface area contributed by atoms with E-state index >= 15 is 0 Å². The minimum absolute atomic E-state index is 0.174. The third-order valence-corrected chi connectivity index (χ3v) is 2.25. The first kappa shape index (κ1) is 9.83. The summed E-state index contributed by atoms with van der Waals surface area (Å²) in [6, 6.07) is 6.52. The molecule has 1 rings (SSSR count). The molecule has 12 heavy (non-hydrogen) atoms. The van der Waals surface area contributed by atoms with E-state index in [1.54, 1.807) is 18.2 Å². The fourth-order valence-corrected chi connectivity index (χ4v) is 1.66. The van der Waals surface area contributed by atoms with Crippen LogP contribution in [0, 0.1) is 0 Å². The summed E-state index contributed by atoms with van der Waals surface area (Å²) in [5.41, 5.74) is 0. The van der Waals surface area contributed by atoms with Gasteiger partial charge in [0.05, 0.1) is 15.2 Å². The molecule has 1 aromatic rings. The summed E-state index contributed by atoms with van der Waals surface area (Å²) in [4.78, 5) is 0. The van der Waals surface area contributed by atoms with Crippen molar-refractivity contribution >= 4 is 35.9 Å². The van der Waals surface area contributed by atoms with E-state index in [0.29, 0.717) is 4.47 Å². The quantitative estimate of drug-likeness (QED) is 0.775. The zero-order valence-corrected chi connectivity index (χ0v) is 8.86. The van der Waals surface area contributed by atoms with Crippen molar-refractivity contribution in [2.24, 2.45) is 0 Å². The van der Waals surface area contributed by atoms with E-state index in [1.807, 2.05) is 0 Å². The fourth-order valence-electron chi connectivity index (χ4n) is 0.620. The summed E-state index contributed by atoms with van der Waals surface area (Å²) in [5, 5.41) is 0. The number of rotatable bonds is 2. The molecule has 66 valence electrons. The predicted octanol–water partition coefficient (Wildman–Crippen LogP) is 2.31. The van der Waals surface area contributed by atoms with Gasteiger partial charge < -0.3 is 4.18 Å². The normalized spacial score (nSPS) is 11.2. The molecule has 0 unspecified atom stereocenters. The minimum Gasteiger partial charge on any atom is -0.370 e. The molecule has 0 saturated heterocycles. The average Bonchev–Trinajstić information content (AvgIpc) is 1.91. The van der Waals surface area contributed by atoms with Crippen molar-refractivity contribution in [2.75, 3.05) is 0 Å². The molecule has 1 aromatic carbocycles. The van der Waals surface area contributed by atoms with Crippen molar-refractivity contribution < 1.29 is 12.6 Å². The number of halogens is 2. The molecule has 6 heteroatoms. The van der Waals surface area contributed by atoms with Gasteiger partial charge in [0, 0.05) is 0 Å². The van der Waals surface area contributed by atoms with Crippen LogP contribution in [0.15, 0.2) is 28.7 Å². The largest absolute Gasteiger partial charge is 0.401 e. The van der Waals surface area contributed by atoms with Gasteiger partial charge in [-0.05, 0) is 28.1 Å². The molecule has 0 heterocycles. The Morgan fingerprint density at radius 1 is 1.33 bits per heavy atom. The molecule has 0 amide bonds. The van der Waals surface area contributed by atoms with Crippen molar-refractivity contribution in [1.29, 1.82) is 0 Å². The Morgan fingerprint density at radius 2 is 1.92 bits per heavy atom. The summed E-state index contributed by atoms with van der Waals surface area (Å²) in [5.74, 6) is 0.174. The molecular weight excluding hydrogens is 267 g/mol. The van der Waals surface area contributed by atoms with E-state index in [1.165, 1.54) is 6.07 Å². The standard InChI is InChI=1S/C6H4BrClO3S/c7-5-3-1-2-4-6(5)11-12(8,9)10/h1-4H. The third-order valence-electron chi connectivity index (χ3n) is 1.03. The summed E-state index contributed by atoms with van der Waals surface area (Å²) in [7, 11) is 0.911. The highest BCUT2D eigenvalue weighted by atomic mass is 79.9. The van der Waals surface area contributed by atoms with Gasteiger partial charge in [-0.25, -0.2) is 0 Å². The Balaban J connectivity index is 2.98. The van der Waals surface area contributed by atoms with E-state index in [4.69, 9.17) is 10.7 Å². The van der Waals surface area contributed by atoms with Crippen LogP contribution in [0.1, 0.15) is 0 Å². The monoisotopic (exact) mass is 270 g/mol. The molecule has 0 aliphatic carbocycles. The van der Waals surface area contributed by atoms with Crippen LogP contribution in [0.4, 0.5) is 0 Å². The Morgan fingerprint density at radius 3 is 2.42 bits per heavy atom. The molecule has 0 aliphatic heterocycles. The lowest BCUT2D eigenvalue weighted by atomic mass is 10.3. The van der Waals surface area contributed by atoms with Gasteiger partial charge in [0.2, 0.25) is 0 Å². The highest BCUT2D eigenvalue weighted by Gasteiger charge is 2.08. The van der Waals surface area contributed by atoms with Gasteiger partial charge in [0.15, 0.2) is 5.75 Å². The minimum atomic E-state index is -3.96. The topological polar surface area (TPSA) is 43.4 Å². The predicted molar refractivity (Wildman–Crippen MR) is 49.5 cm³/mol. The first-order valence-corrected chi connectivity index (χ1v) is 5.90. The van der Waals surface area contributed by atoms with E-state index < -0.39 is 9.33 Å². The van der Waals surface area contributed by atoms with Crippen LogP contribution in [0.3, 0.4) is 0 Å². The molecule has 0 aliphatic rings. The lowest BCUT2D eigenvalue weighted by Gasteiger charge is -2.01. The Bertz CT molecular complexity index is 376.